The van der Waals surface area contributed by atoms with Crippen molar-refractivity contribution in [2.45, 2.75) is 6.54 Å². The lowest BCUT2D eigenvalue weighted by Gasteiger charge is -2.06. The highest BCUT2D eigenvalue weighted by atomic mass is 16.5. The van der Waals surface area contributed by atoms with Gasteiger partial charge in [-0.15, -0.1) is 0 Å². The van der Waals surface area contributed by atoms with E-state index in [1.807, 2.05) is 42.1 Å². The van der Waals surface area contributed by atoms with E-state index in [0.29, 0.717) is 0 Å². The fraction of sp³-hybridized carbons (Fsp3) is 0.231. The molecule has 0 saturated carbocycles. The summed E-state index contributed by atoms with van der Waals surface area (Å²) in [5.74, 6) is 0.873. The van der Waals surface area contributed by atoms with Crippen molar-refractivity contribution in [3.05, 3.63) is 48.3 Å². The van der Waals surface area contributed by atoms with Crippen molar-refractivity contribution in [2.75, 3.05) is 12.4 Å². The van der Waals surface area contributed by atoms with Gasteiger partial charge in [0.2, 0.25) is 0 Å². The minimum absolute atomic E-state index is 0.827. The van der Waals surface area contributed by atoms with Crippen LogP contribution in [-0.4, -0.2) is 11.7 Å². The summed E-state index contributed by atoms with van der Waals surface area (Å²) in [5, 5.41) is 3.36. The Morgan fingerprint density at radius 1 is 1.31 bits per heavy atom. The number of nitrogens with one attached hydrogen (secondary N) is 1. The third-order valence-electron chi connectivity index (χ3n) is 2.46. The molecule has 1 aromatic heterocycles. The van der Waals surface area contributed by atoms with Crippen LogP contribution in [0.15, 0.2) is 42.7 Å². The van der Waals surface area contributed by atoms with Gasteiger partial charge in [0.15, 0.2) is 0 Å². The second-order valence-electron chi connectivity index (χ2n) is 3.77. The molecule has 0 amide bonds. The molecule has 0 unspecified atom stereocenters. The predicted octanol–water partition coefficient (Wildman–Crippen LogP) is 2.65. The number of anilines is 1. The molecule has 0 aliphatic rings. The average molecular weight is 216 g/mol. The molecule has 0 aliphatic carbocycles. The molecule has 0 saturated heterocycles. The molecule has 0 fully saturated rings. The number of rotatable bonds is 4. The smallest absolute Gasteiger partial charge is 0.120 e. The SMILES string of the molecule is COc1cccc(NCc2ccn(C)c2)c1. The summed E-state index contributed by atoms with van der Waals surface area (Å²) in [6, 6.07) is 10.0. The minimum atomic E-state index is 0.827. The van der Waals surface area contributed by atoms with E-state index >= 15 is 0 Å². The molecule has 0 aliphatic heterocycles. The summed E-state index contributed by atoms with van der Waals surface area (Å²) >= 11 is 0. The molecule has 1 heterocycles. The summed E-state index contributed by atoms with van der Waals surface area (Å²) in [5.41, 5.74) is 2.34. The Bertz CT molecular complexity index is 462. The van der Waals surface area contributed by atoms with Gasteiger partial charge in [0.25, 0.3) is 0 Å². The second-order valence-corrected chi connectivity index (χ2v) is 3.77. The monoisotopic (exact) mass is 216 g/mol. The van der Waals surface area contributed by atoms with Crippen LogP contribution in [-0.2, 0) is 13.6 Å². The van der Waals surface area contributed by atoms with Gasteiger partial charge in [-0.25, -0.2) is 0 Å². The van der Waals surface area contributed by atoms with E-state index in [1.165, 1.54) is 5.56 Å². The van der Waals surface area contributed by atoms with E-state index in [0.717, 1.165) is 18.0 Å². The van der Waals surface area contributed by atoms with Gasteiger partial charge in [-0.3, -0.25) is 0 Å². The van der Waals surface area contributed by atoms with Crippen LogP contribution in [0.5, 0.6) is 5.75 Å². The maximum Gasteiger partial charge on any atom is 0.120 e. The second kappa shape index (κ2) is 4.75. The molecule has 1 N–H and O–H groups in total. The topological polar surface area (TPSA) is 26.2 Å². The third kappa shape index (κ3) is 2.57. The molecule has 2 rings (SSSR count). The number of hydrogen-bond acceptors (Lipinski definition) is 2. The molecular formula is C13H16N2O. The summed E-state index contributed by atoms with van der Waals surface area (Å²) in [6.45, 7) is 0.827. The number of ether oxygens (including phenoxy) is 1. The van der Waals surface area contributed by atoms with Crippen LogP contribution in [0.1, 0.15) is 5.56 Å². The zero-order valence-electron chi connectivity index (χ0n) is 9.60. The lowest BCUT2D eigenvalue weighted by molar-refractivity contribution is 0.415. The van der Waals surface area contributed by atoms with Crippen LogP contribution in [0.25, 0.3) is 0 Å². The number of aromatic nitrogens is 1. The van der Waals surface area contributed by atoms with Crippen LogP contribution < -0.4 is 10.1 Å². The zero-order valence-corrected chi connectivity index (χ0v) is 9.60. The van der Waals surface area contributed by atoms with Crippen LogP contribution >= 0.6 is 0 Å². The maximum absolute atomic E-state index is 5.17. The molecule has 0 spiro atoms. The number of methoxy groups -OCH3 is 1. The quantitative estimate of drug-likeness (QED) is 0.850. The molecule has 3 nitrogen and oxygen atoms in total. The number of nitrogens with zero attached hydrogens (tertiary/aromatic N) is 1. The van der Waals surface area contributed by atoms with Crippen molar-refractivity contribution in [3.63, 3.8) is 0 Å². The standard InChI is InChI=1S/C13H16N2O/c1-15-7-6-11(10-15)9-14-12-4-3-5-13(8-12)16-2/h3-8,10,14H,9H2,1-2H3. The van der Waals surface area contributed by atoms with E-state index in [-0.39, 0.29) is 0 Å². The number of benzene rings is 1. The van der Waals surface area contributed by atoms with Crippen LogP contribution in [0.3, 0.4) is 0 Å². The summed E-state index contributed by atoms with van der Waals surface area (Å²) in [4.78, 5) is 0. The minimum Gasteiger partial charge on any atom is -0.497 e. The van der Waals surface area contributed by atoms with Crippen molar-refractivity contribution in [1.29, 1.82) is 0 Å². The van der Waals surface area contributed by atoms with Crippen LogP contribution in [0.4, 0.5) is 5.69 Å². The first-order valence-electron chi connectivity index (χ1n) is 5.27. The lowest BCUT2D eigenvalue weighted by Crippen LogP contribution is -1.98. The van der Waals surface area contributed by atoms with Crippen molar-refractivity contribution in [2.24, 2.45) is 7.05 Å². The number of hydrogen-bond donors (Lipinski definition) is 1. The highest BCUT2D eigenvalue weighted by molar-refractivity contribution is 5.48. The third-order valence-corrected chi connectivity index (χ3v) is 2.46. The van der Waals surface area contributed by atoms with E-state index in [1.54, 1.807) is 7.11 Å². The van der Waals surface area contributed by atoms with Gasteiger partial charge in [0.1, 0.15) is 5.75 Å². The Balaban J connectivity index is 1.99. The van der Waals surface area contributed by atoms with Crippen LogP contribution in [0, 0.1) is 0 Å². The Labute approximate surface area is 95.7 Å². The Hall–Kier alpha value is -1.90. The zero-order chi connectivity index (χ0) is 11.4. The maximum atomic E-state index is 5.17. The van der Waals surface area contributed by atoms with E-state index in [9.17, 15) is 0 Å². The molecule has 0 atom stereocenters. The van der Waals surface area contributed by atoms with Gasteiger partial charge < -0.3 is 14.6 Å². The Kier molecular flexibility index (Phi) is 3.15. The molecule has 2 aromatic rings. The molecule has 0 bridgehead atoms. The van der Waals surface area contributed by atoms with Crippen molar-refractivity contribution < 1.29 is 4.74 Å². The normalized spacial score (nSPS) is 10.1. The molecule has 1 aromatic carbocycles. The van der Waals surface area contributed by atoms with Gasteiger partial charge in [0.05, 0.1) is 7.11 Å². The first kappa shape index (κ1) is 10.6. The van der Waals surface area contributed by atoms with Crippen molar-refractivity contribution in [1.82, 2.24) is 4.57 Å². The van der Waals surface area contributed by atoms with Gasteiger partial charge >= 0.3 is 0 Å². The fourth-order valence-corrected chi connectivity index (χ4v) is 1.60. The first-order chi connectivity index (χ1) is 7.78. The lowest BCUT2D eigenvalue weighted by atomic mass is 10.3. The average Bonchev–Trinajstić information content (AvgIpc) is 2.73. The highest BCUT2D eigenvalue weighted by Gasteiger charge is 1.97. The van der Waals surface area contributed by atoms with E-state index < -0.39 is 0 Å². The summed E-state index contributed by atoms with van der Waals surface area (Å²) in [6.07, 6.45) is 4.15. The molecule has 84 valence electrons. The molecule has 16 heavy (non-hydrogen) atoms. The molecular weight excluding hydrogens is 200 g/mol. The van der Waals surface area contributed by atoms with Gasteiger partial charge in [-0.05, 0) is 23.8 Å². The van der Waals surface area contributed by atoms with Gasteiger partial charge in [0, 0.05) is 37.7 Å². The Morgan fingerprint density at radius 3 is 2.88 bits per heavy atom. The Morgan fingerprint density at radius 2 is 2.19 bits per heavy atom. The predicted molar refractivity (Wildman–Crippen MR) is 65.7 cm³/mol. The van der Waals surface area contributed by atoms with Crippen LogP contribution in [0.2, 0.25) is 0 Å². The van der Waals surface area contributed by atoms with Crippen molar-refractivity contribution >= 4 is 5.69 Å². The highest BCUT2D eigenvalue weighted by Crippen LogP contribution is 2.17. The van der Waals surface area contributed by atoms with E-state index in [4.69, 9.17) is 4.74 Å². The fourth-order valence-electron chi connectivity index (χ4n) is 1.60. The molecule has 3 heteroatoms. The van der Waals surface area contributed by atoms with Gasteiger partial charge in [-0.1, -0.05) is 6.07 Å². The largest absolute Gasteiger partial charge is 0.497 e. The van der Waals surface area contributed by atoms with E-state index in [2.05, 4.69) is 17.6 Å². The number of aryl methyl sites for hydroxylation is 1. The summed E-state index contributed by atoms with van der Waals surface area (Å²) in [7, 11) is 3.70. The van der Waals surface area contributed by atoms with Gasteiger partial charge in [-0.2, -0.15) is 0 Å². The summed E-state index contributed by atoms with van der Waals surface area (Å²) < 4.78 is 7.21. The first-order valence-corrected chi connectivity index (χ1v) is 5.27. The molecule has 0 radical (unpaired) electrons. The van der Waals surface area contributed by atoms with Crippen molar-refractivity contribution in [3.8, 4) is 5.75 Å².